The van der Waals surface area contributed by atoms with Crippen molar-refractivity contribution in [3.05, 3.63) is 35.4 Å². The predicted molar refractivity (Wildman–Crippen MR) is 105 cm³/mol. The third-order valence-corrected chi connectivity index (χ3v) is 6.24. The van der Waals surface area contributed by atoms with Crippen molar-refractivity contribution in [1.29, 1.82) is 0 Å². The Bertz CT molecular complexity index is 625. The molecule has 0 bridgehead atoms. The van der Waals surface area contributed by atoms with Crippen LogP contribution < -0.4 is 5.32 Å². The number of amides is 2. The highest BCUT2D eigenvalue weighted by Crippen LogP contribution is 2.34. The van der Waals surface area contributed by atoms with Crippen molar-refractivity contribution in [2.24, 2.45) is 11.8 Å². The molecule has 2 fully saturated rings. The van der Waals surface area contributed by atoms with Crippen LogP contribution in [0, 0.1) is 11.8 Å². The van der Waals surface area contributed by atoms with E-state index < -0.39 is 0 Å². The molecule has 1 N–H and O–H groups in total. The number of carbonyl (C=O) groups is 2. The van der Waals surface area contributed by atoms with Gasteiger partial charge in [0.25, 0.3) is 5.91 Å². The first kappa shape index (κ1) is 19.2. The smallest absolute Gasteiger partial charge is 0.253 e. The second-order valence-corrected chi connectivity index (χ2v) is 8.09. The summed E-state index contributed by atoms with van der Waals surface area (Å²) >= 11 is 5.50. The largest absolute Gasteiger partial charge is 0.355 e. The van der Waals surface area contributed by atoms with Gasteiger partial charge in [0.15, 0.2) is 0 Å². The van der Waals surface area contributed by atoms with Crippen LogP contribution in [0.5, 0.6) is 0 Å². The molecule has 1 saturated carbocycles. The monoisotopic (exact) mass is 376 g/mol. The van der Waals surface area contributed by atoms with E-state index in [4.69, 9.17) is 11.6 Å². The molecular formula is C21H29ClN2O2. The Morgan fingerprint density at radius 1 is 1.15 bits per heavy atom. The van der Waals surface area contributed by atoms with Gasteiger partial charge in [-0.1, -0.05) is 31.9 Å². The highest BCUT2D eigenvalue weighted by Gasteiger charge is 2.32. The Morgan fingerprint density at radius 3 is 2.50 bits per heavy atom. The van der Waals surface area contributed by atoms with Crippen LogP contribution in [0.4, 0.5) is 0 Å². The van der Waals surface area contributed by atoms with Crippen molar-refractivity contribution in [2.45, 2.75) is 44.9 Å². The number of nitrogens with one attached hydrogen (secondary N) is 1. The van der Waals surface area contributed by atoms with Gasteiger partial charge in [0.2, 0.25) is 5.91 Å². The molecule has 1 aromatic rings. The first-order valence-electron chi connectivity index (χ1n) is 9.80. The van der Waals surface area contributed by atoms with E-state index in [1.165, 1.54) is 31.2 Å². The zero-order chi connectivity index (χ0) is 18.5. The van der Waals surface area contributed by atoms with Gasteiger partial charge in [-0.2, -0.15) is 0 Å². The Morgan fingerprint density at radius 2 is 1.85 bits per heavy atom. The van der Waals surface area contributed by atoms with E-state index in [1.807, 2.05) is 17.0 Å². The first-order chi connectivity index (χ1) is 12.6. The van der Waals surface area contributed by atoms with Gasteiger partial charge in [-0.3, -0.25) is 9.59 Å². The molecule has 1 heterocycles. The minimum Gasteiger partial charge on any atom is -0.355 e. The Kier molecular flexibility index (Phi) is 6.58. The van der Waals surface area contributed by atoms with E-state index in [-0.39, 0.29) is 17.7 Å². The molecule has 0 unspecified atom stereocenters. The van der Waals surface area contributed by atoms with Crippen LogP contribution in [0.1, 0.15) is 60.9 Å². The SMILES string of the molecule is C[C@@H]1CN(C(=O)c2ccc(C3CCCC3)cc2)C[C@H]1CCNC(=O)CCl. The fourth-order valence-corrected chi connectivity index (χ4v) is 4.45. The number of rotatable bonds is 6. The number of likely N-dealkylation sites (tertiary alicyclic amines) is 1. The molecule has 5 heteroatoms. The third kappa shape index (κ3) is 4.59. The molecule has 0 spiro atoms. The van der Waals surface area contributed by atoms with Crippen LogP contribution in [0.25, 0.3) is 0 Å². The van der Waals surface area contributed by atoms with Gasteiger partial charge in [-0.15, -0.1) is 11.6 Å². The minimum absolute atomic E-state index is 0.00167. The van der Waals surface area contributed by atoms with Crippen molar-refractivity contribution in [1.82, 2.24) is 10.2 Å². The molecule has 1 aromatic carbocycles. The number of nitrogens with zero attached hydrogens (tertiary/aromatic N) is 1. The lowest BCUT2D eigenvalue weighted by molar-refractivity contribution is -0.118. The van der Waals surface area contributed by atoms with Crippen LogP contribution in [-0.2, 0) is 4.79 Å². The number of carbonyl (C=O) groups excluding carboxylic acids is 2. The number of hydrogen-bond acceptors (Lipinski definition) is 2. The second-order valence-electron chi connectivity index (χ2n) is 7.82. The molecule has 0 radical (unpaired) electrons. The summed E-state index contributed by atoms with van der Waals surface area (Å²) in [4.78, 5) is 26.0. The van der Waals surface area contributed by atoms with Crippen LogP contribution in [-0.4, -0.2) is 42.2 Å². The van der Waals surface area contributed by atoms with Gasteiger partial charge < -0.3 is 10.2 Å². The molecule has 2 atom stereocenters. The zero-order valence-corrected chi connectivity index (χ0v) is 16.3. The lowest BCUT2D eigenvalue weighted by atomic mass is 9.95. The fourth-order valence-electron chi connectivity index (χ4n) is 4.36. The molecule has 4 nitrogen and oxygen atoms in total. The third-order valence-electron chi connectivity index (χ3n) is 6.00. The molecule has 1 aliphatic carbocycles. The molecule has 0 aromatic heterocycles. The average Bonchev–Trinajstić information content (AvgIpc) is 3.31. The minimum atomic E-state index is -0.132. The standard InChI is InChI=1S/C21H29ClN2O2/c1-15-13-24(14-19(15)10-11-23-20(25)12-22)21(26)18-8-6-17(7-9-18)16-4-2-3-5-16/h6-9,15-16,19H,2-5,10-14H2,1H3,(H,23,25)/t15-,19-/m1/s1. The van der Waals surface area contributed by atoms with Crippen LogP contribution in [0.15, 0.2) is 24.3 Å². The topological polar surface area (TPSA) is 49.4 Å². The molecule has 2 amide bonds. The molecule has 26 heavy (non-hydrogen) atoms. The van der Waals surface area contributed by atoms with Gasteiger partial charge in [0.1, 0.15) is 5.88 Å². The number of alkyl halides is 1. The van der Waals surface area contributed by atoms with Crippen molar-refractivity contribution in [2.75, 3.05) is 25.5 Å². The van der Waals surface area contributed by atoms with E-state index in [9.17, 15) is 9.59 Å². The van der Waals surface area contributed by atoms with Gasteiger partial charge in [0.05, 0.1) is 0 Å². The fraction of sp³-hybridized carbons (Fsp3) is 0.619. The van der Waals surface area contributed by atoms with E-state index in [2.05, 4.69) is 24.4 Å². The maximum Gasteiger partial charge on any atom is 0.253 e. The summed E-state index contributed by atoms with van der Waals surface area (Å²) in [6.45, 7) is 4.36. The summed E-state index contributed by atoms with van der Waals surface area (Å²) in [5.74, 6) is 1.55. The summed E-state index contributed by atoms with van der Waals surface area (Å²) in [5.41, 5.74) is 2.16. The van der Waals surface area contributed by atoms with E-state index >= 15 is 0 Å². The van der Waals surface area contributed by atoms with Gasteiger partial charge in [-0.05, 0) is 54.7 Å². The van der Waals surface area contributed by atoms with E-state index in [1.54, 1.807) is 0 Å². The van der Waals surface area contributed by atoms with E-state index in [0.29, 0.717) is 24.3 Å². The van der Waals surface area contributed by atoms with Crippen molar-refractivity contribution in [3.8, 4) is 0 Å². The average molecular weight is 377 g/mol. The highest BCUT2D eigenvalue weighted by atomic mass is 35.5. The Labute approximate surface area is 161 Å². The number of benzene rings is 1. The maximum absolute atomic E-state index is 12.8. The summed E-state index contributed by atoms with van der Waals surface area (Å²) in [6, 6.07) is 8.27. The Hall–Kier alpha value is -1.55. The quantitative estimate of drug-likeness (QED) is 0.768. The summed E-state index contributed by atoms with van der Waals surface area (Å²) in [5, 5.41) is 2.81. The summed E-state index contributed by atoms with van der Waals surface area (Å²) in [7, 11) is 0. The normalized spacial score (nSPS) is 23.4. The van der Waals surface area contributed by atoms with Crippen LogP contribution in [0.2, 0.25) is 0 Å². The Balaban J connectivity index is 1.53. The number of hydrogen-bond donors (Lipinski definition) is 1. The lowest BCUT2D eigenvalue weighted by Gasteiger charge is -2.17. The maximum atomic E-state index is 12.8. The van der Waals surface area contributed by atoms with Crippen molar-refractivity contribution in [3.63, 3.8) is 0 Å². The zero-order valence-electron chi connectivity index (χ0n) is 15.5. The van der Waals surface area contributed by atoms with Crippen LogP contribution >= 0.6 is 11.6 Å². The molecule has 1 saturated heterocycles. The molecule has 3 rings (SSSR count). The molecule has 1 aliphatic heterocycles. The van der Waals surface area contributed by atoms with E-state index in [0.717, 1.165) is 25.1 Å². The van der Waals surface area contributed by atoms with Gasteiger partial charge in [-0.25, -0.2) is 0 Å². The first-order valence-corrected chi connectivity index (χ1v) is 10.3. The highest BCUT2D eigenvalue weighted by molar-refractivity contribution is 6.27. The van der Waals surface area contributed by atoms with Gasteiger partial charge >= 0.3 is 0 Å². The second kappa shape index (κ2) is 8.90. The predicted octanol–water partition coefficient (Wildman–Crippen LogP) is 3.80. The lowest BCUT2D eigenvalue weighted by Crippen LogP contribution is -2.30. The summed E-state index contributed by atoms with van der Waals surface area (Å²) in [6.07, 6.45) is 6.08. The van der Waals surface area contributed by atoms with Crippen LogP contribution in [0.3, 0.4) is 0 Å². The molecular weight excluding hydrogens is 348 g/mol. The molecule has 2 aliphatic rings. The molecule has 142 valence electrons. The van der Waals surface area contributed by atoms with Crippen molar-refractivity contribution < 1.29 is 9.59 Å². The number of halogens is 1. The summed E-state index contributed by atoms with van der Waals surface area (Å²) < 4.78 is 0. The van der Waals surface area contributed by atoms with Crippen molar-refractivity contribution >= 4 is 23.4 Å². The van der Waals surface area contributed by atoms with Gasteiger partial charge in [0, 0.05) is 25.2 Å².